The van der Waals surface area contributed by atoms with Gasteiger partial charge in [-0.05, 0) is 43.2 Å². The van der Waals surface area contributed by atoms with Crippen LogP contribution in [0.25, 0.3) is 0 Å². The van der Waals surface area contributed by atoms with E-state index in [9.17, 15) is 13.6 Å². The molecule has 1 aliphatic heterocycles. The van der Waals surface area contributed by atoms with Gasteiger partial charge in [0.2, 0.25) is 0 Å². The van der Waals surface area contributed by atoms with Gasteiger partial charge in [0.1, 0.15) is 11.6 Å². The molecule has 4 nitrogen and oxygen atoms in total. The Bertz CT molecular complexity index is 685. The number of nitrogens with one attached hydrogen (secondary N) is 1. The fourth-order valence-electron chi connectivity index (χ4n) is 2.96. The number of halogens is 2. The molecule has 1 N–H and O–H groups in total. The van der Waals surface area contributed by atoms with Gasteiger partial charge < -0.3 is 4.90 Å². The quantitative estimate of drug-likeness (QED) is 0.893. The van der Waals surface area contributed by atoms with E-state index >= 15 is 0 Å². The number of nitrogens with zero attached hydrogens (tertiary/aromatic N) is 2. The van der Waals surface area contributed by atoms with E-state index in [1.165, 1.54) is 23.5 Å². The zero-order valence-corrected chi connectivity index (χ0v) is 14.0. The molecule has 24 heavy (non-hydrogen) atoms. The van der Waals surface area contributed by atoms with Crippen molar-refractivity contribution in [2.24, 2.45) is 5.92 Å². The first-order valence-electron chi connectivity index (χ1n) is 8.01. The number of thiazole rings is 1. The fraction of sp³-hybridized carbons (Fsp3) is 0.412. The van der Waals surface area contributed by atoms with Crippen molar-refractivity contribution in [1.29, 1.82) is 0 Å². The lowest BCUT2D eigenvalue weighted by atomic mass is 9.90. The molecule has 7 heteroatoms. The molecule has 1 aromatic heterocycles. The van der Waals surface area contributed by atoms with E-state index in [0.717, 1.165) is 25.3 Å². The molecule has 1 aliphatic rings. The van der Waals surface area contributed by atoms with E-state index in [0.29, 0.717) is 36.1 Å². The first kappa shape index (κ1) is 16.8. The van der Waals surface area contributed by atoms with Gasteiger partial charge in [-0.2, -0.15) is 0 Å². The number of hydrogen-bond donors (Lipinski definition) is 1. The Labute approximate surface area is 143 Å². The number of carbonyl (C=O) groups is 1. The Kier molecular flexibility index (Phi) is 5.40. The highest BCUT2D eigenvalue weighted by Crippen LogP contribution is 2.24. The number of amides is 2. The molecule has 128 valence electrons. The minimum Gasteiger partial charge on any atom is -0.324 e. The van der Waals surface area contributed by atoms with Crippen LogP contribution >= 0.6 is 11.3 Å². The normalized spacial score (nSPS) is 15.5. The largest absolute Gasteiger partial charge is 0.324 e. The summed E-state index contributed by atoms with van der Waals surface area (Å²) in [6.45, 7) is 1.38. The minimum atomic E-state index is -0.546. The first-order chi connectivity index (χ1) is 11.6. The van der Waals surface area contributed by atoms with Gasteiger partial charge in [0, 0.05) is 30.7 Å². The second kappa shape index (κ2) is 7.70. The number of urea groups is 1. The summed E-state index contributed by atoms with van der Waals surface area (Å²) in [6.07, 6.45) is 4.90. The topological polar surface area (TPSA) is 45.2 Å². The number of aryl methyl sites for hydroxylation is 1. The number of hydrogen-bond acceptors (Lipinski definition) is 3. The van der Waals surface area contributed by atoms with Crippen LogP contribution in [-0.2, 0) is 6.42 Å². The highest BCUT2D eigenvalue weighted by atomic mass is 32.1. The predicted octanol–water partition coefficient (Wildman–Crippen LogP) is 4.30. The summed E-state index contributed by atoms with van der Waals surface area (Å²) in [5.74, 6) is -0.565. The van der Waals surface area contributed by atoms with E-state index in [-0.39, 0.29) is 6.03 Å². The molecule has 1 fully saturated rings. The van der Waals surface area contributed by atoms with Gasteiger partial charge in [-0.15, -0.1) is 11.3 Å². The lowest BCUT2D eigenvalue weighted by Crippen LogP contribution is -2.41. The van der Waals surface area contributed by atoms with Gasteiger partial charge in [-0.1, -0.05) is 6.07 Å². The van der Waals surface area contributed by atoms with Gasteiger partial charge in [0.25, 0.3) is 0 Å². The highest BCUT2D eigenvalue weighted by molar-refractivity contribution is 7.13. The number of anilines is 1. The summed E-state index contributed by atoms with van der Waals surface area (Å²) in [6, 6.07) is 3.62. The lowest BCUT2D eigenvalue weighted by Gasteiger charge is -2.31. The molecule has 2 aromatic rings. The van der Waals surface area contributed by atoms with Gasteiger partial charge in [0.05, 0.1) is 0 Å². The molecule has 2 amide bonds. The van der Waals surface area contributed by atoms with Crippen LogP contribution in [0.5, 0.6) is 0 Å². The minimum absolute atomic E-state index is 0.118. The number of aromatic nitrogens is 1. The van der Waals surface area contributed by atoms with Crippen molar-refractivity contribution in [3.8, 4) is 0 Å². The SMILES string of the molecule is O=C(Nc1nccs1)N1CCC(CCc2ccc(F)cc2F)CC1. The number of likely N-dealkylation sites (tertiary alicyclic amines) is 1. The second-order valence-electron chi connectivity index (χ2n) is 5.97. The molecule has 1 aromatic carbocycles. The van der Waals surface area contributed by atoms with Crippen molar-refractivity contribution in [3.05, 3.63) is 47.0 Å². The predicted molar refractivity (Wildman–Crippen MR) is 90.1 cm³/mol. The van der Waals surface area contributed by atoms with Crippen molar-refractivity contribution in [2.45, 2.75) is 25.7 Å². The van der Waals surface area contributed by atoms with Crippen molar-refractivity contribution in [1.82, 2.24) is 9.88 Å². The third-order valence-corrected chi connectivity index (χ3v) is 5.07. The van der Waals surface area contributed by atoms with Crippen LogP contribution < -0.4 is 5.32 Å². The Balaban J connectivity index is 1.44. The molecule has 0 spiro atoms. The van der Waals surface area contributed by atoms with Crippen LogP contribution in [0.3, 0.4) is 0 Å². The van der Waals surface area contributed by atoms with Crippen LogP contribution in [0, 0.1) is 17.6 Å². The monoisotopic (exact) mass is 351 g/mol. The van der Waals surface area contributed by atoms with Gasteiger partial charge in [0.15, 0.2) is 5.13 Å². The maximum absolute atomic E-state index is 13.6. The Morgan fingerprint density at radius 3 is 2.79 bits per heavy atom. The average Bonchev–Trinajstić information content (AvgIpc) is 3.07. The molecule has 1 saturated heterocycles. The fourth-order valence-corrected chi connectivity index (χ4v) is 3.48. The zero-order chi connectivity index (χ0) is 16.9. The van der Waals surface area contributed by atoms with Crippen LogP contribution in [0.15, 0.2) is 29.8 Å². The van der Waals surface area contributed by atoms with Crippen LogP contribution in [0.1, 0.15) is 24.8 Å². The van der Waals surface area contributed by atoms with Gasteiger partial charge in [-0.3, -0.25) is 5.32 Å². The third kappa shape index (κ3) is 4.29. The summed E-state index contributed by atoms with van der Waals surface area (Å²) < 4.78 is 26.6. The van der Waals surface area contributed by atoms with Crippen molar-refractivity contribution in [2.75, 3.05) is 18.4 Å². The first-order valence-corrected chi connectivity index (χ1v) is 8.89. The molecular formula is C17H19F2N3OS. The van der Waals surface area contributed by atoms with Gasteiger partial charge in [-0.25, -0.2) is 18.6 Å². The number of piperidine rings is 1. The van der Waals surface area contributed by atoms with Crippen LogP contribution in [0.4, 0.5) is 18.7 Å². The number of carbonyl (C=O) groups excluding carboxylic acids is 1. The summed E-state index contributed by atoms with van der Waals surface area (Å²) in [7, 11) is 0. The smallest absolute Gasteiger partial charge is 0.323 e. The van der Waals surface area contributed by atoms with E-state index in [1.54, 1.807) is 11.1 Å². The third-order valence-electron chi connectivity index (χ3n) is 4.38. The number of benzene rings is 1. The summed E-state index contributed by atoms with van der Waals surface area (Å²) >= 11 is 1.39. The summed E-state index contributed by atoms with van der Waals surface area (Å²) in [5, 5.41) is 5.21. The Morgan fingerprint density at radius 2 is 2.12 bits per heavy atom. The van der Waals surface area contributed by atoms with Crippen LogP contribution in [0.2, 0.25) is 0 Å². The maximum Gasteiger partial charge on any atom is 0.323 e. The zero-order valence-electron chi connectivity index (χ0n) is 13.2. The molecule has 0 radical (unpaired) electrons. The lowest BCUT2D eigenvalue weighted by molar-refractivity contribution is 0.180. The molecule has 0 aliphatic carbocycles. The Morgan fingerprint density at radius 1 is 1.33 bits per heavy atom. The van der Waals surface area contributed by atoms with E-state index in [2.05, 4.69) is 10.3 Å². The number of rotatable bonds is 4. The van der Waals surface area contributed by atoms with Crippen LogP contribution in [-0.4, -0.2) is 29.0 Å². The molecule has 0 atom stereocenters. The highest BCUT2D eigenvalue weighted by Gasteiger charge is 2.23. The molecule has 0 bridgehead atoms. The van der Waals surface area contributed by atoms with E-state index in [4.69, 9.17) is 0 Å². The molecular weight excluding hydrogens is 332 g/mol. The Hall–Kier alpha value is -2.02. The van der Waals surface area contributed by atoms with Crippen molar-refractivity contribution in [3.63, 3.8) is 0 Å². The van der Waals surface area contributed by atoms with Crippen molar-refractivity contribution >= 4 is 22.5 Å². The standard InChI is InChI=1S/C17H19F2N3OS/c18-14-4-3-13(15(19)11-14)2-1-12-5-8-22(9-6-12)17(23)21-16-20-7-10-24-16/h3-4,7,10-12H,1-2,5-6,8-9H2,(H,20,21,23). The molecule has 0 saturated carbocycles. The molecule has 2 heterocycles. The second-order valence-corrected chi connectivity index (χ2v) is 6.87. The van der Waals surface area contributed by atoms with Gasteiger partial charge >= 0.3 is 6.03 Å². The maximum atomic E-state index is 13.6. The van der Waals surface area contributed by atoms with Crippen molar-refractivity contribution < 1.29 is 13.6 Å². The average molecular weight is 351 g/mol. The van der Waals surface area contributed by atoms with E-state index < -0.39 is 11.6 Å². The summed E-state index contributed by atoms with van der Waals surface area (Å²) in [5.41, 5.74) is 0.556. The molecule has 3 rings (SSSR count). The molecule has 0 unspecified atom stereocenters. The summed E-state index contributed by atoms with van der Waals surface area (Å²) in [4.78, 5) is 18.0. The van der Waals surface area contributed by atoms with E-state index in [1.807, 2.05) is 5.38 Å².